The Morgan fingerprint density at radius 2 is 1.63 bits per heavy atom. The fraction of sp³-hybridized carbons (Fsp3) is 0. The first-order valence-electron chi connectivity index (χ1n) is 5.62. The van der Waals surface area contributed by atoms with E-state index >= 15 is 0 Å². The van der Waals surface area contributed by atoms with E-state index in [0.29, 0.717) is 22.0 Å². The Morgan fingerprint density at radius 1 is 0.947 bits per heavy atom. The average Bonchev–Trinajstić information content (AvgIpc) is 2.65. The molecule has 0 saturated carbocycles. The fourth-order valence-corrected chi connectivity index (χ4v) is 2.26. The number of rotatable bonds is 1. The van der Waals surface area contributed by atoms with Crippen LogP contribution in [0.25, 0.3) is 0 Å². The zero-order chi connectivity index (χ0) is 13.6. The molecule has 1 aliphatic heterocycles. The number of fused-ring (bicyclic) bond motifs is 1. The first-order valence-corrected chi connectivity index (χ1v) is 6.00. The summed E-state index contributed by atoms with van der Waals surface area (Å²) in [5.41, 5.74) is 7.16. The molecule has 0 atom stereocenters. The van der Waals surface area contributed by atoms with Crippen molar-refractivity contribution in [1.29, 1.82) is 0 Å². The second kappa shape index (κ2) is 4.10. The van der Waals surface area contributed by atoms with Crippen LogP contribution in [0.3, 0.4) is 0 Å². The van der Waals surface area contributed by atoms with Crippen LogP contribution in [0.2, 0.25) is 5.02 Å². The molecule has 1 aliphatic rings. The lowest BCUT2D eigenvalue weighted by Gasteiger charge is -2.13. The van der Waals surface area contributed by atoms with Crippen molar-refractivity contribution in [1.82, 2.24) is 0 Å². The third kappa shape index (κ3) is 1.69. The van der Waals surface area contributed by atoms with Crippen molar-refractivity contribution in [2.24, 2.45) is 0 Å². The van der Waals surface area contributed by atoms with Gasteiger partial charge >= 0.3 is 0 Å². The smallest absolute Gasteiger partial charge is 0.268 e. The molecule has 94 valence electrons. The number of carbonyl (C=O) groups excluding carboxylic acids is 2. The van der Waals surface area contributed by atoms with E-state index in [0.717, 1.165) is 4.90 Å². The molecule has 5 heteroatoms. The molecular formula is C14H9ClN2O2. The summed E-state index contributed by atoms with van der Waals surface area (Å²) in [5.74, 6) is -0.768. The maximum absolute atomic E-state index is 12.3. The summed E-state index contributed by atoms with van der Waals surface area (Å²) in [4.78, 5) is 25.7. The Bertz CT molecular complexity index is 695. The molecule has 2 aromatic carbocycles. The van der Waals surface area contributed by atoms with Gasteiger partial charge in [0.2, 0.25) is 0 Å². The lowest BCUT2D eigenvalue weighted by molar-refractivity contribution is 0.0926. The minimum Gasteiger partial charge on any atom is -0.398 e. The van der Waals surface area contributed by atoms with Crippen LogP contribution in [0.5, 0.6) is 0 Å². The topological polar surface area (TPSA) is 63.4 Å². The first kappa shape index (κ1) is 11.7. The van der Waals surface area contributed by atoms with Gasteiger partial charge in [0, 0.05) is 10.7 Å². The summed E-state index contributed by atoms with van der Waals surface area (Å²) in [5, 5.41) is 0.542. The Morgan fingerprint density at radius 3 is 2.26 bits per heavy atom. The molecule has 0 saturated heterocycles. The van der Waals surface area contributed by atoms with Crippen LogP contribution in [0.15, 0.2) is 42.5 Å². The zero-order valence-corrected chi connectivity index (χ0v) is 10.5. The lowest BCUT2D eigenvalue weighted by atomic mass is 10.1. The summed E-state index contributed by atoms with van der Waals surface area (Å²) >= 11 is 5.80. The Labute approximate surface area is 114 Å². The van der Waals surface area contributed by atoms with Gasteiger partial charge in [-0.05, 0) is 36.4 Å². The summed E-state index contributed by atoms with van der Waals surface area (Å²) in [6.45, 7) is 0. The second-order valence-electron chi connectivity index (χ2n) is 4.19. The number of halogens is 1. The third-order valence-electron chi connectivity index (χ3n) is 3.03. The molecular weight excluding hydrogens is 264 g/mol. The molecule has 4 nitrogen and oxygen atoms in total. The number of carbonyl (C=O) groups is 2. The number of nitrogen functional groups attached to an aromatic ring is 1. The number of hydrogen-bond acceptors (Lipinski definition) is 3. The van der Waals surface area contributed by atoms with Crippen LogP contribution in [0.1, 0.15) is 20.7 Å². The maximum atomic E-state index is 12.3. The lowest BCUT2D eigenvalue weighted by Crippen LogP contribution is -2.29. The highest BCUT2D eigenvalue weighted by Gasteiger charge is 2.37. The van der Waals surface area contributed by atoms with Crippen LogP contribution in [0.4, 0.5) is 11.4 Å². The van der Waals surface area contributed by atoms with Gasteiger partial charge in [0.1, 0.15) is 0 Å². The number of nitrogens with two attached hydrogens (primary N) is 1. The minimum atomic E-state index is -0.402. The predicted octanol–water partition coefficient (Wildman–Crippen LogP) is 2.72. The molecule has 0 fully saturated rings. The van der Waals surface area contributed by atoms with Crippen LogP contribution >= 0.6 is 11.6 Å². The number of hydrogen-bond donors (Lipinski definition) is 1. The molecule has 0 bridgehead atoms. The number of benzene rings is 2. The van der Waals surface area contributed by atoms with Gasteiger partial charge < -0.3 is 5.73 Å². The third-order valence-corrected chi connectivity index (χ3v) is 3.28. The van der Waals surface area contributed by atoms with Crippen LogP contribution in [0, 0.1) is 0 Å². The molecule has 0 radical (unpaired) electrons. The Kier molecular flexibility index (Phi) is 2.54. The molecule has 0 spiro atoms. The predicted molar refractivity (Wildman–Crippen MR) is 73.4 cm³/mol. The van der Waals surface area contributed by atoms with E-state index in [1.165, 1.54) is 0 Å². The standard InChI is InChI=1S/C14H9ClN2O2/c15-8-4-6-9(7-5-8)17-13(18)10-2-1-3-11(16)12(10)14(17)19/h1-7H,16H2. The van der Waals surface area contributed by atoms with Gasteiger partial charge in [0.25, 0.3) is 11.8 Å². The van der Waals surface area contributed by atoms with E-state index in [2.05, 4.69) is 0 Å². The summed E-state index contributed by atoms with van der Waals surface area (Å²) in [7, 11) is 0. The van der Waals surface area contributed by atoms with Gasteiger partial charge in [-0.3, -0.25) is 9.59 Å². The highest BCUT2D eigenvalue weighted by molar-refractivity contribution is 6.36. The SMILES string of the molecule is Nc1cccc2c1C(=O)N(c1ccc(Cl)cc1)C2=O. The van der Waals surface area contributed by atoms with Crippen molar-refractivity contribution in [3.8, 4) is 0 Å². The highest BCUT2D eigenvalue weighted by Crippen LogP contribution is 2.31. The number of imide groups is 1. The van der Waals surface area contributed by atoms with Gasteiger partial charge in [-0.25, -0.2) is 4.90 Å². The summed E-state index contributed by atoms with van der Waals surface area (Å²) < 4.78 is 0. The normalized spacial score (nSPS) is 13.8. The number of nitrogens with zero attached hydrogens (tertiary/aromatic N) is 1. The fourth-order valence-electron chi connectivity index (χ4n) is 2.14. The average molecular weight is 273 g/mol. The second-order valence-corrected chi connectivity index (χ2v) is 4.63. The van der Waals surface area contributed by atoms with Crippen molar-refractivity contribution in [2.75, 3.05) is 10.6 Å². The van der Waals surface area contributed by atoms with Crippen molar-refractivity contribution in [3.63, 3.8) is 0 Å². The summed E-state index contributed by atoms with van der Waals surface area (Å²) in [6.07, 6.45) is 0. The monoisotopic (exact) mass is 272 g/mol. The summed E-state index contributed by atoms with van der Waals surface area (Å²) in [6, 6.07) is 11.4. The largest absolute Gasteiger partial charge is 0.398 e. The minimum absolute atomic E-state index is 0.266. The Hall–Kier alpha value is -2.33. The van der Waals surface area contributed by atoms with E-state index in [-0.39, 0.29) is 11.5 Å². The first-order chi connectivity index (χ1) is 9.09. The van der Waals surface area contributed by atoms with E-state index in [9.17, 15) is 9.59 Å². The molecule has 3 rings (SSSR count). The van der Waals surface area contributed by atoms with Crippen molar-refractivity contribution in [3.05, 3.63) is 58.6 Å². The van der Waals surface area contributed by atoms with Gasteiger partial charge in [0.05, 0.1) is 16.8 Å². The highest BCUT2D eigenvalue weighted by atomic mass is 35.5. The van der Waals surface area contributed by atoms with Crippen LogP contribution < -0.4 is 10.6 Å². The van der Waals surface area contributed by atoms with Crippen LogP contribution in [-0.2, 0) is 0 Å². The van der Waals surface area contributed by atoms with Crippen molar-refractivity contribution < 1.29 is 9.59 Å². The van der Waals surface area contributed by atoms with E-state index in [1.54, 1.807) is 42.5 Å². The van der Waals surface area contributed by atoms with Crippen molar-refractivity contribution in [2.45, 2.75) is 0 Å². The molecule has 1 heterocycles. The van der Waals surface area contributed by atoms with E-state index in [4.69, 9.17) is 17.3 Å². The molecule has 2 amide bonds. The quantitative estimate of drug-likeness (QED) is 0.641. The van der Waals surface area contributed by atoms with E-state index in [1.807, 2.05) is 0 Å². The molecule has 0 aromatic heterocycles. The Balaban J connectivity index is 2.13. The zero-order valence-electron chi connectivity index (χ0n) is 9.76. The van der Waals surface area contributed by atoms with Gasteiger partial charge in [-0.15, -0.1) is 0 Å². The maximum Gasteiger partial charge on any atom is 0.268 e. The van der Waals surface area contributed by atoms with Crippen LogP contribution in [-0.4, -0.2) is 11.8 Å². The number of anilines is 2. The van der Waals surface area contributed by atoms with Gasteiger partial charge in [-0.2, -0.15) is 0 Å². The number of amides is 2. The molecule has 19 heavy (non-hydrogen) atoms. The van der Waals surface area contributed by atoms with Gasteiger partial charge in [0.15, 0.2) is 0 Å². The molecule has 0 unspecified atom stereocenters. The molecule has 0 aliphatic carbocycles. The van der Waals surface area contributed by atoms with E-state index < -0.39 is 5.91 Å². The molecule has 2 aromatic rings. The van der Waals surface area contributed by atoms with Gasteiger partial charge in [-0.1, -0.05) is 17.7 Å². The van der Waals surface area contributed by atoms with Crippen molar-refractivity contribution >= 4 is 34.8 Å². The molecule has 2 N–H and O–H groups in total.